The number of ether oxygens (including phenoxy) is 3. The lowest BCUT2D eigenvalue weighted by Gasteiger charge is -2.30. The van der Waals surface area contributed by atoms with E-state index in [4.69, 9.17) is 14.2 Å². The number of aliphatic hydroxyl groups is 1. The van der Waals surface area contributed by atoms with Crippen LogP contribution >= 0.6 is 0 Å². The average molecular weight is 473 g/mol. The molecule has 2 aliphatic rings. The van der Waals surface area contributed by atoms with Crippen LogP contribution in [0.3, 0.4) is 0 Å². The Bertz CT molecular complexity index is 941. The van der Waals surface area contributed by atoms with Crippen LogP contribution in [0.4, 0.5) is 4.39 Å². The molecule has 7 nitrogen and oxygen atoms in total. The quantitative estimate of drug-likeness (QED) is 0.537. The van der Waals surface area contributed by atoms with E-state index in [-0.39, 0.29) is 24.9 Å². The van der Waals surface area contributed by atoms with Crippen molar-refractivity contribution in [3.8, 4) is 11.5 Å². The van der Waals surface area contributed by atoms with Gasteiger partial charge in [0.05, 0.1) is 19.8 Å². The van der Waals surface area contributed by atoms with Gasteiger partial charge in [0.1, 0.15) is 29.5 Å². The van der Waals surface area contributed by atoms with Gasteiger partial charge in [-0.15, -0.1) is 0 Å². The highest BCUT2D eigenvalue weighted by Gasteiger charge is 2.33. The molecule has 0 aliphatic carbocycles. The monoisotopic (exact) mass is 472 g/mol. The number of β-amino-alcohol motifs (C(OH)–C–C–N with tert-alkyl or cyclic N) is 1. The van der Waals surface area contributed by atoms with Crippen LogP contribution in [0, 0.1) is 5.82 Å². The van der Waals surface area contributed by atoms with E-state index in [1.165, 1.54) is 12.1 Å². The van der Waals surface area contributed by atoms with Gasteiger partial charge in [0, 0.05) is 39.1 Å². The fourth-order valence-corrected chi connectivity index (χ4v) is 4.35. The van der Waals surface area contributed by atoms with E-state index in [0.29, 0.717) is 45.0 Å². The third-order valence-electron chi connectivity index (χ3n) is 6.08. The van der Waals surface area contributed by atoms with E-state index >= 15 is 0 Å². The molecule has 2 fully saturated rings. The second-order valence-electron chi connectivity index (χ2n) is 9.06. The SMILES string of the molecule is O=C1CCCN1CCCOc1cccc(CN2CCOC[C@@](O)(COc3ccc(F)cc3)C2)c1. The molecule has 2 saturated heterocycles. The van der Waals surface area contributed by atoms with Crippen LogP contribution < -0.4 is 9.47 Å². The Kier molecular flexibility index (Phi) is 8.37. The van der Waals surface area contributed by atoms with E-state index in [9.17, 15) is 14.3 Å². The number of likely N-dealkylation sites (tertiary alicyclic amines) is 1. The van der Waals surface area contributed by atoms with Gasteiger partial charge in [0.25, 0.3) is 0 Å². The molecule has 1 amide bonds. The number of carbonyl (C=O) groups excluding carboxylic acids is 1. The van der Waals surface area contributed by atoms with Crippen LogP contribution in [-0.4, -0.2) is 79.0 Å². The second-order valence-corrected chi connectivity index (χ2v) is 9.06. The summed E-state index contributed by atoms with van der Waals surface area (Å²) in [6.07, 6.45) is 2.43. The summed E-state index contributed by atoms with van der Waals surface area (Å²) in [6.45, 7) is 4.62. The topological polar surface area (TPSA) is 71.5 Å². The molecule has 4 rings (SSSR count). The summed E-state index contributed by atoms with van der Waals surface area (Å²) in [7, 11) is 0. The first-order valence-electron chi connectivity index (χ1n) is 11.9. The summed E-state index contributed by atoms with van der Waals surface area (Å²) in [6, 6.07) is 13.7. The third-order valence-corrected chi connectivity index (χ3v) is 6.08. The summed E-state index contributed by atoms with van der Waals surface area (Å²) in [5.74, 6) is 1.21. The maximum atomic E-state index is 13.1. The van der Waals surface area contributed by atoms with Crippen molar-refractivity contribution in [2.24, 2.45) is 0 Å². The Balaban J connectivity index is 1.27. The molecule has 8 heteroatoms. The van der Waals surface area contributed by atoms with Crippen LogP contribution in [0.15, 0.2) is 48.5 Å². The van der Waals surface area contributed by atoms with Gasteiger partial charge in [-0.2, -0.15) is 0 Å². The lowest BCUT2D eigenvalue weighted by Crippen LogP contribution is -2.48. The van der Waals surface area contributed by atoms with Crippen LogP contribution in [0.1, 0.15) is 24.8 Å². The van der Waals surface area contributed by atoms with Crippen LogP contribution in [0.25, 0.3) is 0 Å². The average Bonchev–Trinajstić information content (AvgIpc) is 3.14. The molecular formula is C26H33FN2O5. The van der Waals surface area contributed by atoms with Gasteiger partial charge < -0.3 is 24.2 Å². The van der Waals surface area contributed by atoms with Crippen molar-refractivity contribution < 1.29 is 28.5 Å². The Morgan fingerprint density at radius 2 is 1.94 bits per heavy atom. The molecule has 34 heavy (non-hydrogen) atoms. The molecule has 2 aromatic rings. The molecular weight excluding hydrogens is 439 g/mol. The Labute approximate surface area is 200 Å². The van der Waals surface area contributed by atoms with Crippen molar-refractivity contribution in [2.45, 2.75) is 31.4 Å². The molecule has 2 aliphatic heterocycles. The lowest BCUT2D eigenvalue weighted by molar-refractivity contribution is -0.127. The normalized spacial score (nSPS) is 21.5. The highest BCUT2D eigenvalue weighted by Crippen LogP contribution is 2.20. The number of amides is 1. The standard InChI is InChI=1S/C26H33FN2O5/c27-22-7-9-23(10-8-22)34-20-26(31)18-28(13-15-32-19-26)17-21-4-1-5-24(16-21)33-14-3-12-29-11-2-6-25(29)30/h1,4-5,7-10,16,31H,2-3,6,11-15,17-20H2/t26-/m1/s1. The predicted octanol–water partition coefficient (Wildman–Crippen LogP) is 2.86. The van der Waals surface area contributed by atoms with Gasteiger partial charge in [0.2, 0.25) is 5.91 Å². The van der Waals surface area contributed by atoms with Crippen molar-refractivity contribution in [3.05, 3.63) is 59.9 Å². The van der Waals surface area contributed by atoms with Gasteiger partial charge in [-0.1, -0.05) is 12.1 Å². The molecule has 0 radical (unpaired) electrons. The van der Waals surface area contributed by atoms with E-state index in [0.717, 1.165) is 37.2 Å². The summed E-state index contributed by atoms with van der Waals surface area (Å²) >= 11 is 0. The number of hydrogen-bond acceptors (Lipinski definition) is 6. The first-order chi connectivity index (χ1) is 16.5. The van der Waals surface area contributed by atoms with Gasteiger partial charge in [-0.3, -0.25) is 9.69 Å². The molecule has 0 bridgehead atoms. The molecule has 1 atom stereocenters. The van der Waals surface area contributed by atoms with Crippen molar-refractivity contribution in [2.75, 3.05) is 52.6 Å². The Morgan fingerprint density at radius 1 is 1.09 bits per heavy atom. The van der Waals surface area contributed by atoms with Crippen LogP contribution in [-0.2, 0) is 16.1 Å². The molecule has 2 heterocycles. The van der Waals surface area contributed by atoms with Gasteiger partial charge in [0.15, 0.2) is 0 Å². The predicted molar refractivity (Wildman–Crippen MR) is 125 cm³/mol. The Morgan fingerprint density at radius 3 is 2.74 bits per heavy atom. The number of benzene rings is 2. The molecule has 0 aromatic heterocycles. The first-order valence-corrected chi connectivity index (χ1v) is 11.9. The van der Waals surface area contributed by atoms with Crippen molar-refractivity contribution in [1.29, 1.82) is 0 Å². The largest absolute Gasteiger partial charge is 0.494 e. The highest BCUT2D eigenvalue weighted by molar-refractivity contribution is 5.77. The molecule has 184 valence electrons. The Hall–Kier alpha value is -2.68. The molecule has 0 saturated carbocycles. The fraction of sp³-hybridized carbons (Fsp3) is 0.500. The van der Waals surface area contributed by atoms with Gasteiger partial charge in [-0.25, -0.2) is 4.39 Å². The number of rotatable bonds is 10. The highest BCUT2D eigenvalue weighted by atomic mass is 19.1. The first kappa shape index (κ1) is 24.4. The molecule has 2 aromatic carbocycles. The van der Waals surface area contributed by atoms with Crippen LogP contribution in [0.5, 0.6) is 11.5 Å². The minimum Gasteiger partial charge on any atom is -0.494 e. The van der Waals surface area contributed by atoms with Crippen molar-refractivity contribution in [1.82, 2.24) is 9.80 Å². The number of nitrogens with zero attached hydrogens (tertiary/aromatic N) is 2. The number of carbonyl (C=O) groups is 1. The summed E-state index contributed by atoms with van der Waals surface area (Å²) in [5.41, 5.74) is -0.0950. The minimum atomic E-state index is -1.17. The number of halogens is 1. The summed E-state index contributed by atoms with van der Waals surface area (Å²) < 4.78 is 30.4. The maximum absolute atomic E-state index is 13.1. The van der Waals surface area contributed by atoms with Crippen molar-refractivity contribution >= 4 is 5.91 Å². The molecule has 0 spiro atoms. The molecule has 1 N–H and O–H groups in total. The van der Waals surface area contributed by atoms with Crippen LogP contribution in [0.2, 0.25) is 0 Å². The number of hydrogen-bond donors (Lipinski definition) is 1. The summed E-state index contributed by atoms with van der Waals surface area (Å²) in [4.78, 5) is 15.7. The summed E-state index contributed by atoms with van der Waals surface area (Å²) in [5, 5.41) is 11.1. The zero-order valence-electron chi connectivity index (χ0n) is 19.5. The van der Waals surface area contributed by atoms with E-state index in [2.05, 4.69) is 4.90 Å². The lowest BCUT2D eigenvalue weighted by atomic mass is 10.1. The zero-order valence-corrected chi connectivity index (χ0v) is 19.5. The fourth-order valence-electron chi connectivity index (χ4n) is 4.35. The van der Waals surface area contributed by atoms with Gasteiger partial charge in [-0.05, 0) is 54.8 Å². The van der Waals surface area contributed by atoms with Crippen molar-refractivity contribution in [3.63, 3.8) is 0 Å². The van der Waals surface area contributed by atoms with E-state index in [1.54, 1.807) is 12.1 Å². The van der Waals surface area contributed by atoms with E-state index in [1.807, 2.05) is 29.2 Å². The molecule has 0 unspecified atom stereocenters. The maximum Gasteiger partial charge on any atom is 0.222 e. The second kappa shape index (κ2) is 11.6. The minimum absolute atomic E-state index is 0.0534. The zero-order chi connectivity index (χ0) is 23.8. The smallest absolute Gasteiger partial charge is 0.222 e. The third kappa shape index (κ3) is 7.16. The van der Waals surface area contributed by atoms with Gasteiger partial charge >= 0.3 is 0 Å². The van der Waals surface area contributed by atoms with E-state index < -0.39 is 5.60 Å².